The van der Waals surface area contributed by atoms with Crippen molar-refractivity contribution in [3.63, 3.8) is 0 Å². The van der Waals surface area contributed by atoms with Crippen molar-refractivity contribution < 1.29 is 17.9 Å². The van der Waals surface area contributed by atoms with Gasteiger partial charge in [-0.25, -0.2) is 8.42 Å². The Bertz CT molecular complexity index is 413. The molecule has 0 bridgehead atoms. The van der Waals surface area contributed by atoms with Crippen molar-refractivity contribution in [2.75, 3.05) is 12.9 Å². The number of hydrogen-bond donors (Lipinski definition) is 0. The zero-order valence-electron chi connectivity index (χ0n) is 7.64. The zero-order chi connectivity index (χ0) is 10.6. The van der Waals surface area contributed by atoms with Gasteiger partial charge in [-0.05, 0) is 12.1 Å². The summed E-state index contributed by atoms with van der Waals surface area (Å²) in [6, 6.07) is 7.79. The number of ether oxygens (including phenoxy) is 1. The van der Waals surface area contributed by atoms with Gasteiger partial charge in [0, 0.05) is 0 Å². The Morgan fingerprint density at radius 3 is 2.27 bits per heavy atom. The first-order valence-electron chi connectivity index (χ1n) is 3.91. The average Bonchev–Trinajstić information content (AvgIpc) is 2.18. The minimum atomic E-state index is -3.55. The summed E-state index contributed by atoms with van der Waals surface area (Å²) in [5, 5.41) is 0. The van der Waals surface area contributed by atoms with Gasteiger partial charge in [-0.3, -0.25) is 4.79 Å². The summed E-state index contributed by atoms with van der Waals surface area (Å²) in [7, 11) is -2.39. The molecule has 1 aromatic carbocycles. The first-order valence-corrected chi connectivity index (χ1v) is 5.56. The Morgan fingerprint density at radius 2 is 1.80 bits per heavy atom. The van der Waals surface area contributed by atoms with E-state index in [4.69, 9.17) is 0 Å². The molecule has 0 spiro atoms. The number of hydrogen-bond acceptors (Lipinski definition) is 4. The van der Waals surface area contributed by atoms with Crippen LogP contribution in [0.25, 0.3) is 0 Å². The SMILES string of the molecule is COC(=O)CS(=O)(=O)c1ccccc1.[NaH]. The molecule has 0 fully saturated rings. The van der Waals surface area contributed by atoms with Crippen LogP contribution in [0.4, 0.5) is 0 Å². The van der Waals surface area contributed by atoms with Crippen LogP contribution in [0.15, 0.2) is 35.2 Å². The first-order chi connectivity index (χ1) is 6.56. The van der Waals surface area contributed by atoms with E-state index in [1.54, 1.807) is 18.2 Å². The van der Waals surface area contributed by atoms with Gasteiger partial charge in [0.2, 0.25) is 0 Å². The fourth-order valence-corrected chi connectivity index (χ4v) is 2.09. The van der Waals surface area contributed by atoms with Crippen LogP contribution in [0, 0.1) is 0 Å². The van der Waals surface area contributed by atoms with Crippen molar-refractivity contribution in [3.05, 3.63) is 30.3 Å². The second-order valence-electron chi connectivity index (χ2n) is 2.65. The number of esters is 1. The van der Waals surface area contributed by atoms with E-state index in [9.17, 15) is 13.2 Å². The molecule has 0 atom stereocenters. The van der Waals surface area contributed by atoms with Gasteiger partial charge < -0.3 is 4.74 Å². The van der Waals surface area contributed by atoms with Gasteiger partial charge >= 0.3 is 35.5 Å². The van der Waals surface area contributed by atoms with Crippen LogP contribution in [0.5, 0.6) is 0 Å². The molecule has 15 heavy (non-hydrogen) atoms. The molecular weight excluding hydrogens is 227 g/mol. The Hall–Kier alpha value is -0.360. The fraction of sp³-hybridized carbons (Fsp3) is 0.222. The molecule has 0 aromatic heterocycles. The summed E-state index contributed by atoms with van der Waals surface area (Å²) in [5.74, 6) is -1.37. The number of sulfone groups is 1. The third-order valence-corrected chi connectivity index (χ3v) is 3.24. The number of methoxy groups -OCH3 is 1. The molecule has 0 aliphatic heterocycles. The Kier molecular flexibility index (Phi) is 6.12. The van der Waals surface area contributed by atoms with Crippen LogP contribution in [0.1, 0.15) is 0 Å². The van der Waals surface area contributed by atoms with E-state index >= 15 is 0 Å². The predicted molar refractivity (Wildman–Crippen MR) is 57.7 cm³/mol. The molecule has 0 aliphatic carbocycles. The monoisotopic (exact) mass is 238 g/mol. The molecule has 0 heterocycles. The van der Waals surface area contributed by atoms with Gasteiger partial charge in [-0.15, -0.1) is 0 Å². The Morgan fingerprint density at radius 1 is 1.27 bits per heavy atom. The maximum atomic E-state index is 11.5. The molecule has 0 saturated carbocycles. The van der Waals surface area contributed by atoms with E-state index < -0.39 is 21.6 Å². The van der Waals surface area contributed by atoms with Crippen LogP contribution >= 0.6 is 0 Å². The summed E-state index contributed by atoms with van der Waals surface area (Å²) < 4.78 is 27.3. The number of carbonyl (C=O) groups is 1. The zero-order valence-corrected chi connectivity index (χ0v) is 8.45. The molecular formula is C9H11NaO4S. The summed E-state index contributed by atoms with van der Waals surface area (Å²) >= 11 is 0. The van der Waals surface area contributed by atoms with Gasteiger partial charge in [0.05, 0.1) is 12.0 Å². The summed E-state index contributed by atoms with van der Waals surface area (Å²) in [6.45, 7) is 0. The Labute approximate surface area is 111 Å². The number of rotatable bonds is 3. The van der Waals surface area contributed by atoms with Crippen LogP contribution < -0.4 is 0 Å². The van der Waals surface area contributed by atoms with Crippen LogP contribution in [-0.4, -0.2) is 56.8 Å². The van der Waals surface area contributed by atoms with E-state index in [0.717, 1.165) is 7.11 Å². The molecule has 0 unspecified atom stereocenters. The molecule has 4 nitrogen and oxygen atoms in total. The molecule has 0 amide bonds. The number of benzene rings is 1. The van der Waals surface area contributed by atoms with Gasteiger partial charge in [-0.1, -0.05) is 18.2 Å². The molecule has 78 valence electrons. The summed E-state index contributed by atoms with van der Waals surface area (Å²) in [5.41, 5.74) is 0. The minimum absolute atomic E-state index is 0. The molecule has 0 radical (unpaired) electrons. The average molecular weight is 238 g/mol. The van der Waals surface area contributed by atoms with Gasteiger partial charge in [0.15, 0.2) is 15.6 Å². The first kappa shape index (κ1) is 14.6. The van der Waals surface area contributed by atoms with E-state index in [1.807, 2.05) is 0 Å². The van der Waals surface area contributed by atoms with Crippen LogP contribution in [0.3, 0.4) is 0 Å². The van der Waals surface area contributed by atoms with Crippen molar-refractivity contribution in [1.82, 2.24) is 0 Å². The van der Waals surface area contributed by atoms with E-state index in [1.165, 1.54) is 12.1 Å². The van der Waals surface area contributed by atoms with Crippen molar-refractivity contribution in [3.8, 4) is 0 Å². The quantitative estimate of drug-likeness (QED) is 0.548. The molecule has 0 saturated heterocycles. The van der Waals surface area contributed by atoms with E-state index in [2.05, 4.69) is 4.74 Å². The van der Waals surface area contributed by atoms with E-state index in [0.29, 0.717) is 0 Å². The van der Waals surface area contributed by atoms with Gasteiger partial charge in [0.1, 0.15) is 0 Å². The standard InChI is InChI=1S/C9H10O4S.Na.H/c1-13-9(10)7-14(11,12)8-5-3-2-4-6-8;;/h2-6H,7H2,1H3;;. The second kappa shape index (κ2) is 6.27. The molecule has 1 aromatic rings. The Balaban J connectivity index is 0.00000196. The topological polar surface area (TPSA) is 60.4 Å². The van der Waals surface area contributed by atoms with Crippen molar-refractivity contribution in [2.45, 2.75) is 4.90 Å². The van der Waals surface area contributed by atoms with Gasteiger partial charge in [-0.2, -0.15) is 0 Å². The molecule has 0 N–H and O–H groups in total. The predicted octanol–water partition coefficient (Wildman–Crippen LogP) is -0.0152. The van der Waals surface area contributed by atoms with Crippen molar-refractivity contribution in [2.24, 2.45) is 0 Å². The molecule has 0 aliphatic rings. The molecule has 6 heteroatoms. The van der Waals surface area contributed by atoms with Crippen LogP contribution in [0.2, 0.25) is 0 Å². The normalized spacial score (nSPS) is 10.2. The second-order valence-corrected chi connectivity index (χ2v) is 4.64. The maximum absolute atomic E-state index is 11.5. The third kappa shape index (κ3) is 4.34. The summed E-state index contributed by atoms with van der Waals surface area (Å²) in [6.07, 6.45) is 0. The van der Waals surface area contributed by atoms with Crippen molar-refractivity contribution >= 4 is 45.4 Å². The van der Waals surface area contributed by atoms with Crippen molar-refractivity contribution in [1.29, 1.82) is 0 Å². The van der Waals surface area contributed by atoms with Gasteiger partial charge in [0.25, 0.3) is 0 Å². The number of carbonyl (C=O) groups excluding carboxylic acids is 1. The fourth-order valence-electron chi connectivity index (χ4n) is 0.925. The third-order valence-electron chi connectivity index (χ3n) is 1.64. The van der Waals surface area contributed by atoms with Crippen LogP contribution in [-0.2, 0) is 19.4 Å². The van der Waals surface area contributed by atoms with E-state index in [-0.39, 0.29) is 34.5 Å². The molecule has 1 rings (SSSR count). The summed E-state index contributed by atoms with van der Waals surface area (Å²) in [4.78, 5) is 10.9.